The Morgan fingerprint density at radius 2 is 1.54 bits per heavy atom. The Balaban J connectivity index is 3.22. The van der Waals surface area contributed by atoms with Crippen LogP contribution in [0.5, 0.6) is 0 Å². The fourth-order valence-corrected chi connectivity index (χ4v) is 8.82. The summed E-state index contributed by atoms with van der Waals surface area (Å²) in [4.78, 5) is 13.7. The van der Waals surface area contributed by atoms with Crippen LogP contribution in [-0.4, -0.2) is 26.2 Å². The minimum absolute atomic E-state index is 0.398. The maximum Gasteiger partial charge on any atom is 0.421 e. The third kappa shape index (κ3) is 4.64. The highest BCUT2D eigenvalue weighted by molar-refractivity contribution is 6.90. The average Bonchev–Trinajstić information content (AvgIpc) is 2.53. The van der Waals surface area contributed by atoms with Crippen molar-refractivity contribution in [3.63, 3.8) is 0 Å². The van der Waals surface area contributed by atoms with Crippen molar-refractivity contribution in [2.45, 2.75) is 64.7 Å². The van der Waals surface area contributed by atoms with Crippen LogP contribution in [0.4, 0.5) is 4.79 Å². The van der Waals surface area contributed by atoms with Gasteiger partial charge in [0.25, 0.3) is 0 Å². The monoisotopic (exact) mass is 345 g/mol. The van der Waals surface area contributed by atoms with Crippen molar-refractivity contribution >= 4 is 14.2 Å². The highest BCUT2D eigenvalue weighted by Gasteiger charge is 2.42. The van der Waals surface area contributed by atoms with Gasteiger partial charge in [0.05, 0.1) is 13.7 Å². The van der Waals surface area contributed by atoms with E-state index in [0.29, 0.717) is 23.2 Å². The normalized spacial score (nSPS) is 11.4. The SMILES string of the molecule is COC(=O)N(C#C[Si](C(C)C)(C(C)C)C(C)C)Cc1ccccc1. The first-order valence-electron chi connectivity index (χ1n) is 8.67. The Kier molecular flexibility index (Phi) is 7.56. The van der Waals surface area contributed by atoms with E-state index in [0.717, 1.165) is 5.56 Å². The number of rotatable bonds is 5. The van der Waals surface area contributed by atoms with Crippen LogP contribution >= 0.6 is 0 Å². The van der Waals surface area contributed by atoms with Gasteiger partial charge in [-0.1, -0.05) is 71.9 Å². The highest BCUT2D eigenvalue weighted by atomic mass is 28.3. The maximum atomic E-state index is 12.2. The zero-order chi connectivity index (χ0) is 18.3. The quantitative estimate of drug-likeness (QED) is 0.404. The standard InChI is InChI=1S/C20H31NO2Si/c1-16(2)24(17(3)4,18(5)6)14-13-21(20(22)23-7)15-19-11-9-8-10-12-19/h8-12,16-18H,15H2,1-7H3. The number of carbonyl (C=O) groups excluding carboxylic acids is 1. The van der Waals surface area contributed by atoms with Crippen LogP contribution in [0, 0.1) is 11.6 Å². The molecule has 0 radical (unpaired) electrons. The van der Waals surface area contributed by atoms with Crippen LogP contribution in [0.1, 0.15) is 47.1 Å². The van der Waals surface area contributed by atoms with Crippen LogP contribution in [0.2, 0.25) is 16.6 Å². The predicted molar refractivity (Wildman–Crippen MR) is 103 cm³/mol. The minimum Gasteiger partial charge on any atom is -0.452 e. The van der Waals surface area contributed by atoms with E-state index in [1.54, 1.807) is 0 Å². The van der Waals surface area contributed by atoms with Gasteiger partial charge in [0.2, 0.25) is 0 Å². The first-order chi connectivity index (χ1) is 11.3. The molecule has 0 saturated heterocycles. The van der Waals surface area contributed by atoms with Crippen LogP contribution in [0.15, 0.2) is 30.3 Å². The average molecular weight is 346 g/mol. The first kappa shape index (κ1) is 20.3. The van der Waals surface area contributed by atoms with Crippen molar-refractivity contribution in [2.75, 3.05) is 7.11 Å². The van der Waals surface area contributed by atoms with E-state index >= 15 is 0 Å². The Morgan fingerprint density at radius 1 is 1.04 bits per heavy atom. The third-order valence-corrected chi connectivity index (χ3v) is 11.1. The molecule has 0 aliphatic rings. The molecule has 1 aromatic carbocycles. The van der Waals surface area contributed by atoms with Crippen molar-refractivity contribution in [2.24, 2.45) is 0 Å². The molecule has 0 fully saturated rings. The summed E-state index contributed by atoms with van der Waals surface area (Å²) in [6.45, 7) is 14.0. The highest BCUT2D eigenvalue weighted by Crippen LogP contribution is 2.40. The number of benzene rings is 1. The van der Waals surface area contributed by atoms with Gasteiger partial charge in [0, 0.05) is 6.04 Å². The number of carbonyl (C=O) groups is 1. The van der Waals surface area contributed by atoms with E-state index in [9.17, 15) is 4.79 Å². The van der Waals surface area contributed by atoms with Crippen LogP contribution in [-0.2, 0) is 11.3 Å². The lowest BCUT2D eigenvalue weighted by Gasteiger charge is -2.38. The van der Waals surface area contributed by atoms with Crippen molar-refractivity contribution in [3.05, 3.63) is 35.9 Å². The van der Waals surface area contributed by atoms with Crippen LogP contribution < -0.4 is 0 Å². The van der Waals surface area contributed by atoms with E-state index in [-0.39, 0.29) is 0 Å². The molecule has 0 bridgehead atoms. The zero-order valence-corrected chi connectivity index (χ0v) is 17.1. The molecule has 24 heavy (non-hydrogen) atoms. The van der Waals surface area contributed by atoms with Crippen molar-refractivity contribution in [3.8, 4) is 11.6 Å². The molecule has 3 nitrogen and oxygen atoms in total. The lowest BCUT2D eigenvalue weighted by atomic mass is 10.2. The van der Waals surface area contributed by atoms with Gasteiger partial charge in [-0.25, -0.2) is 9.69 Å². The number of amides is 1. The predicted octanol–water partition coefficient (Wildman–Crippen LogP) is 5.43. The van der Waals surface area contributed by atoms with Gasteiger partial charge in [-0.3, -0.25) is 0 Å². The van der Waals surface area contributed by atoms with Crippen molar-refractivity contribution in [1.82, 2.24) is 4.90 Å². The fraction of sp³-hybridized carbons (Fsp3) is 0.550. The molecule has 0 saturated carbocycles. The summed E-state index contributed by atoms with van der Waals surface area (Å²) in [6, 6.07) is 13.1. The second kappa shape index (κ2) is 8.94. The summed E-state index contributed by atoms with van der Waals surface area (Å²) in [5.74, 6) is 0. The van der Waals surface area contributed by atoms with E-state index in [1.165, 1.54) is 12.0 Å². The van der Waals surface area contributed by atoms with E-state index in [2.05, 4.69) is 53.1 Å². The second-order valence-electron chi connectivity index (χ2n) is 7.18. The van der Waals surface area contributed by atoms with E-state index in [4.69, 9.17) is 4.74 Å². The van der Waals surface area contributed by atoms with Gasteiger partial charge in [0.15, 0.2) is 0 Å². The van der Waals surface area contributed by atoms with Crippen LogP contribution in [0.3, 0.4) is 0 Å². The summed E-state index contributed by atoms with van der Waals surface area (Å²) >= 11 is 0. The zero-order valence-electron chi connectivity index (χ0n) is 16.1. The Hall–Kier alpha value is -1.73. The van der Waals surface area contributed by atoms with E-state index < -0.39 is 14.2 Å². The molecule has 0 heterocycles. The molecule has 4 heteroatoms. The fourth-order valence-electron chi connectivity index (χ4n) is 3.62. The Morgan fingerprint density at radius 3 is 1.96 bits per heavy atom. The molecule has 1 aromatic rings. The lowest BCUT2D eigenvalue weighted by Crippen LogP contribution is -2.44. The molecule has 1 amide bonds. The molecule has 0 spiro atoms. The molecule has 0 N–H and O–H groups in total. The summed E-state index contributed by atoms with van der Waals surface area (Å²) in [7, 11) is -0.474. The van der Waals surface area contributed by atoms with Gasteiger partial charge in [0.1, 0.15) is 8.07 Å². The maximum absolute atomic E-state index is 12.2. The van der Waals surface area contributed by atoms with Crippen molar-refractivity contribution < 1.29 is 9.53 Å². The minimum atomic E-state index is -1.88. The van der Waals surface area contributed by atoms with Gasteiger partial charge in [-0.05, 0) is 22.2 Å². The molecule has 0 aromatic heterocycles. The van der Waals surface area contributed by atoms with E-state index in [1.807, 2.05) is 30.3 Å². The Labute approximate surface area is 148 Å². The van der Waals surface area contributed by atoms with Crippen molar-refractivity contribution in [1.29, 1.82) is 0 Å². The first-order valence-corrected chi connectivity index (χ1v) is 10.9. The lowest BCUT2D eigenvalue weighted by molar-refractivity contribution is 0.141. The summed E-state index contributed by atoms with van der Waals surface area (Å²) in [5.41, 5.74) is 6.21. The smallest absolute Gasteiger partial charge is 0.421 e. The second-order valence-corrected chi connectivity index (χ2v) is 12.8. The Bertz CT molecular complexity index is 563. The molecule has 0 unspecified atom stereocenters. The topological polar surface area (TPSA) is 29.5 Å². The molecular formula is C20H31NO2Si. The molecule has 1 rings (SSSR count). The number of methoxy groups -OCH3 is 1. The molecule has 0 aliphatic heterocycles. The summed E-state index contributed by atoms with van der Waals surface area (Å²) in [5, 5.41) is 0. The van der Waals surface area contributed by atoms with Crippen LogP contribution in [0.25, 0.3) is 0 Å². The van der Waals surface area contributed by atoms with Gasteiger partial charge >= 0.3 is 6.09 Å². The third-order valence-electron chi connectivity index (χ3n) is 4.85. The number of hydrogen-bond donors (Lipinski definition) is 0. The molecular weight excluding hydrogens is 314 g/mol. The number of hydrogen-bond acceptors (Lipinski definition) is 2. The summed E-state index contributed by atoms with van der Waals surface area (Å²) < 4.78 is 4.93. The molecule has 132 valence electrons. The number of ether oxygens (including phenoxy) is 1. The number of nitrogens with zero attached hydrogens (tertiary/aromatic N) is 1. The molecule has 0 atom stereocenters. The van der Waals surface area contributed by atoms with Gasteiger partial charge in [-0.2, -0.15) is 0 Å². The largest absolute Gasteiger partial charge is 0.452 e. The van der Waals surface area contributed by atoms with Gasteiger partial charge in [-0.15, -0.1) is 5.54 Å². The molecule has 0 aliphatic carbocycles. The van der Waals surface area contributed by atoms with Gasteiger partial charge < -0.3 is 4.74 Å². The summed E-state index contributed by atoms with van der Waals surface area (Å²) in [6.07, 6.45) is -0.398.